The molecule has 0 aliphatic carbocycles. The van der Waals surface area contributed by atoms with Gasteiger partial charge >= 0.3 is 0 Å². The first kappa shape index (κ1) is 17.9. The minimum Gasteiger partial charge on any atom is -0.367 e. The highest BCUT2D eigenvalue weighted by Gasteiger charge is 2.22. The molecule has 2 heterocycles. The topological polar surface area (TPSA) is 58.6 Å². The van der Waals surface area contributed by atoms with Crippen LogP contribution in [0.1, 0.15) is 5.69 Å². The SMILES string of the molecule is O=C(COCc1cnccn1)N1CCN(c2ccc(Cl)cc2Cl)CC1. The first-order valence-electron chi connectivity index (χ1n) is 7.94. The zero-order valence-corrected chi connectivity index (χ0v) is 15.1. The number of piperazine rings is 1. The Hall–Kier alpha value is -1.89. The second-order valence-corrected chi connectivity index (χ2v) is 6.50. The van der Waals surface area contributed by atoms with Crippen molar-refractivity contribution in [3.63, 3.8) is 0 Å². The molecule has 0 N–H and O–H groups in total. The van der Waals surface area contributed by atoms with Crippen LogP contribution in [0.3, 0.4) is 0 Å². The fourth-order valence-corrected chi connectivity index (χ4v) is 3.20. The van der Waals surface area contributed by atoms with Gasteiger partial charge in [-0.15, -0.1) is 0 Å². The summed E-state index contributed by atoms with van der Waals surface area (Å²) in [6.07, 6.45) is 4.82. The molecule has 1 saturated heterocycles. The molecule has 6 nitrogen and oxygen atoms in total. The predicted molar refractivity (Wildman–Crippen MR) is 96.9 cm³/mol. The summed E-state index contributed by atoms with van der Waals surface area (Å²) in [4.78, 5) is 24.3. The van der Waals surface area contributed by atoms with Gasteiger partial charge in [-0.05, 0) is 18.2 Å². The van der Waals surface area contributed by atoms with Crippen LogP contribution in [0.5, 0.6) is 0 Å². The lowest BCUT2D eigenvalue weighted by Gasteiger charge is -2.36. The number of ether oxygens (including phenoxy) is 1. The first-order valence-corrected chi connectivity index (χ1v) is 8.69. The molecule has 1 fully saturated rings. The second kappa shape index (κ2) is 8.47. The molecule has 1 aliphatic heterocycles. The number of hydrogen-bond acceptors (Lipinski definition) is 5. The minimum absolute atomic E-state index is 0.0225. The van der Waals surface area contributed by atoms with E-state index in [9.17, 15) is 4.79 Å². The lowest BCUT2D eigenvalue weighted by atomic mass is 10.2. The van der Waals surface area contributed by atoms with Crippen LogP contribution in [-0.2, 0) is 16.1 Å². The normalized spacial score (nSPS) is 14.6. The summed E-state index contributed by atoms with van der Waals surface area (Å²) in [6, 6.07) is 5.46. The number of anilines is 1. The standard InChI is InChI=1S/C17H18Cl2N4O2/c18-13-1-2-16(15(19)9-13)22-5-7-23(8-6-22)17(24)12-25-11-14-10-20-3-4-21-14/h1-4,9-10H,5-8,11-12H2. The lowest BCUT2D eigenvalue weighted by molar-refractivity contribution is -0.136. The first-order chi connectivity index (χ1) is 12.1. The summed E-state index contributed by atoms with van der Waals surface area (Å²) in [6.45, 7) is 3.02. The highest BCUT2D eigenvalue weighted by molar-refractivity contribution is 6.36. The molecule has 0 atom stereocenters. The summed E-state index contributed by atoms with van der Waals surface area (Å²) in [5.74, 6) is -0.0225. The number of benzene rings is 1. The van der Waals surface area contributed by atoms with Gasteiger partial charge in [0.1, 0.15) is 6.61 Å². The van der Waals surface area contributed by atoms with Gasteiger partial charge in [-0.2, -0.15) is 0 Å². The molecule has 3 rings (SSSR count). The molecule has 0 bridgehead atoms. The average Bonchev–Trinajstić information content (AvgIpc) is 2.63. The van der Waals surface area contributed by atoms with Crippen molar-refractivity contribution in [1.82, 2.24) is 14.9 Å². The van der Waals surface area contributed by atoms with E-state index < -0.39 is 0 Å². The van der Waals surface area contributed by atoms with Crippen molar-refractivity contribution in [2.45, 2.75) is 6.61 Å². The molecule has 0 saturated carbocycles. The molecular formula is C17H18Cl2N4O2. The van der Waals surface area contributed by atoms with E-state index in [4.69, 9.17) is 27.9 Å². The molecule has 1 amide bonds. The number of hydrogen-bond donors (Lipinski definition) is 0. The van der Waals surface area contributed by atoms with E-state index >= 15 is 0 Å². The molecule has 0 unspecified atom stereocenters. The Kier molecular flexibility index (Phi) is 6.07. The molecule has 2 aromatic rings. The monoisotopic (exact) mass is 380 g/mol. The summed E-state index contributed by atoms with van der Waals surface area (Å²) in [5, 5.41) is 1.24. The minimum atomic E-state index is -0.0225. The maximum absolute atomic E-state index is 12.2. The van der Waals surface area contributed by atoms with Gasteiger partial charge in [0.25, 0.3) is 0 Å². The van der Waals surface area contributed by atoms with Gasteiger partial charge in [0.2, 0.25) is 5.91 Å². The van der Waals surface area contributed by atoms with Gasteiger partial charge in [0.05, 0.1) is 29.2 Å². The predicted octanol–water partition coefficient (Wildman–Crippen LogP) is 2.65. The number of carbonyl (C=O) groups is 1. The lowest BCUT2D eigenvalue weighted by Crippen LogP contribution is -2.49. The highest BCUT2D eigenvalue weighted by atomic mass is 35.5. The maximum atomic E-state index is 12.2. The summed E-state index contributed by atoms with van der Waals surface area (Å²) < 4.78 is 5.44. The van der Waals surface area contributed by atoms with Crippen molar-refractivity contribution < 1.29 is 9.53 Å². The zero-order chi connectivity index (χ0) is 17.6. The molecule has 25 heavy (non-hydrogen) atoms. The number of halogens is 2. The number of aromatic nitrogens is 2. The molecule has 1 aliphatic rings. The highest BCUT2D eigenvalue weighted by Crippen LogP contribution is 2.29. The fraction of sp³-hybridized carbons (Fsp3) is 0.353. The van der Waals surface area contributed by atoms with Crippen molar-refractivity contribution in [3.05, 3.63) is 52.5 Å². The Balaban J connectivity index is 1.46. The van der Waals surface area contributed by atoms with Crippen molar-refractivity contribution in [2.24, 2.45) is 0 Å². The van der Waals surface area contributed by atoms with E-state index in [1.165, 1.54) is 0 Å². The Labute approximate surface area is 156 Å². The van der Waals surface area contributed by atoms with E-state index in [0.717, 1.165) is 18.8 Å². The second-order valence-electron chi connectivity index (χ2n) is 5.65. The van der Waals surface area contributed by atoms with E-state index in [0.29, 0.717) is 28.8 Å². The Bertz CT molecular complexity index is 722. The fourth-order valence-electron chi connectivity index (χ4n) is 2.67. The van der Waals surface area contributed by atoms with Crippen molar-refractivity contribution in [3.8, 4) is 0 Å². The van der Waals surface area contributed by atoms with Crippen molar-refractivity contribution in [1.29, 1.82) is 0 Å². The third-order valence-electron chi connectivity index (χ3n) is 3.97. The van der Waals surface area contributed by atoms with E-state index in [1.807, 2.05) is 12.1 Å². The van der Waals surface area contributed by atoms with Crippen LogP contribution in [-0.4, -0.2) is 53.6 Å². The third kappa shape index (κ3) is 4.81. The Morgan fingerprint density at radius 1 is 1.16 bits per heavy atom. The zero-order valence-electron chi connectivity index (χ0n) is 13.6. The summed E-state index contributed by atoms with van der Waals surface area (Å²) in [5.41, 5.74) is 1.65. The van der Waals surface area contributed by atoms with Crippen LogP contribution in [0.2, 0.25) is 10.0 Å². The van der Waals surface area contributed by atoms with Gasteiger partial charge < -0.3 is 14.5 Å². The number of carbonyl (C=O) groups excluding carboxylic acids is 1. The number of rotatable bonds is 5. The quantitative estimate of drug-likeness (QED) is 0.797. The summed E-state index contributed by atoms with van der Waals surface area (Å²) >= 11 is 12.2. The Morgan fingerprint density at radius 2 is 1.96 bits per heavy atom. The van der Waals surface area contributed by atoms with Gasteiger partial charge in [-0.1, -0.05) is 23.2 Å². The van der Waals surface area contributed by atoms with E-state index in [-0.39, 0.29) is 19.1 Å². The van der Waals surface area contributed by atoms with Crippen LogP contribution in [0.15, 0.2) is 36.8 Å². The molecule has 0 spiro atoms. The maximum Gasteiger partial charge on any atom is 0.248 e. The molecule has 0 radical (unpaired) electrons. The van der Waals surface area contributed by atoms with E-state index in [2.05, 4.69) is 14.9 Å². The third-order valence-corrected chi connectivity index (χ3v) is 4.51. The van der Waals surface area contributed by atoms with Gasteiger partial charge in [0.15, 0.2) is 0 Å². The summed E-state index contributed by atoms with van der Waals surface area (Å²) in [7, 11) is 0. The van der Waals surface area contributed by atoms with Crippen molar-refractivity contribution in [2.75, 3.05) is 37.7 Å². The largest absolute Gasteiger partial charge is 0.367 e. The molecule has 8 heteroatoms. The van der Waals surface area contributed by atoms with Crippen LogP contribution < -0.4 is 4.90 Å². The molecule has 132 valence electrons. The molecule has 1 aromatic carbocycles. The van der Waals surface area contributed by atoms with Gasteiger partial charge in [0, 0.05) is 43.6 Å². The smallest absolute Gasteiger partial charge is 0.248 e. The molecular weight excluding hydrogens is 363 g/mol. The Morgan fingerprint density at radius 3 is 2.64 bits per heavy atom. The van der Waals surface area contributed by atoms with Crippen LogP contribution in [0.4, 0.5) is 5.69 Å². The van der Waals surface area contributed by atoms with Gasteiger partial charge in [-0.3, -0.25) is 14.8 Å². The van der Waals surface area contributed by atoms with Crippen LogP contribution in [0.25, 0.3) is 0 Å². The van der Waals surface area contributed by atoms with Gasteiger partial charge in [-0.25, -0.2) is 0 Å². The molecule has 1 aromatic heterocycles. The number of nitrogens with zero attached hydrogens (tertiary/aromatic N) is 4. The average molecular weight is 381 g/mol. The number of amides is 1. The van der Waals surface area contributed by atoms with E-state index in [1.54, 1.807) is 29.6 Å². The van der Waals surface area contributed by atoms with Crippen LogP contribution in [0, 0.1) is 0 Å². The van der Waals surface area contributed by atoms with Crippen LogP contribution >= 0.6 is 23.2 Å². The van der Waals surface area contributed by atoms with Crippen molar-refractivity contribution >= 4 is 34.8 Å².